The lowest BCUT2D eigenvalue weighted by Crippen LogP contribution is -1.97. The molecule has 0 saturated carbocycles. The van der Waals surface area contributed by atoms with Gasteiger partial charge in [0, 0.05) is 17.0 Å². The Hall–Kier alpha value is -3.72. The first-order valence-corrected chi connectivity index (χ1v) is 8.79. The number of hydrogen-bond acceptors (Lipinski definition) is 2. The molecule has 0 unspecified atom stereocenters. The number of carbonyl (C=O) groups is 2. The van der Waals surface area contributed by atoms with Gasteiger partial charge >= 0.3 is 0 Å². The summed E-state index contributed by atoms with van der Waals surface area (Å²) in [6, 6.07) is 19.8. The lowest BCUT2D eigenvalue weighted by Gasteiger charge is -2.12. The molecule has 0 radical (unpaired) electrons. The van der Waals surface area contributed by atoms with E-state index >= 15 is 0 Å². The quantitative estimate of drug-likeness (QED) is 0.304. The molecule has 0 amide bonds. The minimum absolute atomic E-state index is 0.121. The number of fused-ring (bicyclic) bond motifs is 3. The van der Waals surface area contributed by atoms with E-state index in [9.17, 15) is 9.59 Å². The van der Waals surface area contributed by atoms with Gasteiger partial charge in [-0.2, -0.15) is 0 Å². The Morgan fingerprint density at radius 2 is 1.11 bits per heavy atom. The van der Waals surface area contributed by atoms with Gasteiger partial charge in [-0.15, -0.1) is 0 Å². The summed E-state index contributed by atoms with van der Waals surface area (Å²) in [4.78, 5) is 24.0. The fraction of sp³-hybridized carbons (Fsp3) is 0. The molecular weight excluding hydrogens is 334 g/mol. The predicted molar refractivity (Wildman–Crippen MR) is 110 cm³/mol. The van der Waals surface area contributed by atoms with Gasteiger partial charge in [-0.3, -0.25) is 9.59 Å². The number of ketones is 2. The molecule has 0 atom stereocenters. The third kappa shape index (κ3) is 2.44. The third-order valence-corrected chi connectivity index (χ3v) is 5.02. The number of rotatable bonds is 0. The average molecular weight is 349 g/mol. The molecule has 3 nitrogen and oxygen atoms in total. The van der Waals surface area contributed by atoms with Crippen molar-refractivity contribution in [3.63, 3.8) is 0 Å². The summed E-state index contributed by atoms with van der Waals surface area (Å²) >= 11 is 0. The van der Waals surface area contributed by atoms with Gasteiger partial charge in [-0.25, -0.2) is 0 Å². The van der Waals surface area contributed by atoms with Gasteiger partial charge in [-0.05, 0) is 57.3 Å². The molecule has 27 heavy (non-hydrogen) atoms. The molecular formula is C24H15NO2. The SMILES string of the molecule is O=C1C=CC(=O)C=C1.c1cc2ccc3cccc4c5[nH]ccc5c(c1)c2c34. The van der Waals surface area contributed by atoms with Crippen LogP contribution in [0, 0.1) is 0 Å². The summed E-state index contributed by atoms with van der Waals surface area (Å²) in [6.07, 6.45) is 7.05. The van der Waals surface area contributed by atoms with Crippen LogP contribution in [-0.2, 0) is 9.59 Å². The van der Waals surface area contributed by atoms with Crippen molar-refractivity contribution >= 4 is 54.8 Å². The highest BCUT2D eigenvalue weighted by Crippen LogP contribution is 2.39. The van der Waals surface area contributed by atoms with E-state index in [1.165, 1.54) is 67.5 Å². The molecule has 0 saturated heterocycles. The molecule has 0 bridgehead atoms. The topological polar surface area (TPSA) is 49.9 Å². The second-order valence-electron chi connectivity index (χ2n) is 6.61. The number of carbonyl (C=O) groups excluding carboxylic acids is 2. The first-order chi connectivity index (χ1) is 13.2. The average Bonchev–Trinajstić information content (AvgIpc) is 3.20. The first kappa shape index (κ1) is 15.5. The highest BCUT2D eigenvalue weighted by atomic mass is 16.1. The van der Waals surface area contributed by atoms with Crippen LogP contribution in [0.25, 0.3) is 43.2 Å². The molecule has 1 heterocycles. The van der Waals surface area contributed by atoms with Crippen molar-refractivity contribution in [3.8, 4) is 0 Å². The summed E-state index contributed by atoms with van der Waals surface area (Å²) in [7, 11) is 0. The van der Waals surface area contributed by atoms with Crippen LogP contribution in [0.15, 0.2) is 85.1 Å². The van der Waals surface area contributed by atoms with E-state index in [4.69, 9.17) is 0 Å². The summed E-state index contributed by atoms with van der Waals surface area (Å²) in [5.41, 5.74) is 1.25. The van der Waals surface area contributed by atoms with Gasteiger partial charge < -0.3 is 4.98 Å². The number of H-pyrrole nitrogens is 1. The van der Waals surface area contributed by atoms with Crippen molar-refractivity contribution in [2.24, 2.45) is 0 Å². The van der Waals surface area contributed by atoms with Crippen LogP contribution in [0.5, 0.6) is 0 Å². The molecule has 3 heteroatoms. The maximum absolute atomic E-state index is 10.3. The molecule has 128 valence electrons. The third-order valence-electron chi connectivity index (χ3n) is 5.02. The molecule has 0 aliphatic heterocycles. The minimum atomic E-state index is -0.121. The Morgan fingerprint density at radius 1 is 0.556 bits per heavy atom. The van der Waals surface area contributed by atoms with Crippen LogP contribution in [0.4, 0.5) is 0 Å². The molecule has 1 aliphatic carbocycles. The van der Waals surface area contributed by atoms with Gasteiger partial charge in [0.2, 0.25) is 0 Å². The normalized spacial score (nSPS) is 13.8. The molecule has 1 aliphatic rings. The number of hydrogen-bond donors (Lipinski definition) is 1. The van der Waals surface area contributed by atoms with E-state index in [2.05, 4.69) is 59.6 Å². The van der Waals surface area contributed by atoms with E-state index < -0.39 is 0 Å². The largest absolute Gasteiger partial charge is 0.361 e. The van der Waals surface area contributed by atoms with Crippen molar-refractivity contribution in [3.05, 3.63) is 85.1 Å². The Morgan fingerprint density at radius 3 is 1.74 bits per heavy atom. The summed E-state index contributed by atoms with van der Waals surface area (Å²) in [5, 5.41) is 9.40. The van der Waals surface area contributed by atoms with Crippen LogP contribution in [-0.4, -0.2) is 16.6 Å². The molecule has 6 rings (SSSR count). The van der Waals surface area contributed by atoms with Crippen molar-refractivity contribution in [1.29, 1.82) is 0 Å². The zero-order valence-corrected chi connectivity index (χ0v) is 14.4. The van der Waals surface area contributed by atoms with Gasteiger partial charge in [0.15, 0.2) is 11.6 Å². The first-order valence-electron chi connectivity index (χ1n) is 8.79. The summed E-state index contributed by atoms with van der Waals surface area (Å²) in [5.74, 6) is -0.241. The zero-order chi connectivity index (χ0) is 18.4. The number of nitrogens with one attached hydrogen (secondary N) is 1. The zero-order valence-electron chi connectivity index (χ0n) is 14.4. The maximum Gasteiger partial charge on any atom is 0.178 e. The van der Waals surface area contributed by atoms with Gasteiger partial charge in [0.1, 0.15) is 0 Å². The van der Waals surface area contributed by atoms with Crippen molar-refractivity contribution in [1.82, 2.24) is 4.98 Å². The highest BCUT2D eigenvalue weighted by molar-refractivity contribution is 6.32. The van der Waals surface area contributed by atoms with Crippen molar-refractivity contribution in [2.45, 2.75) is 0 Å². The molecule has 1 N–H and O–H groups in total. The number of allylic oxidation sites excluding steroid dienone is 4. The van der Waals surface area contributed by atoms with E-state index in [1.807, 2.05) is 6.20 Å². The van der Waals surface area contributed by atoms with E-state index in [-0.39, 0.29) is 11.6 Å². The van der Waals surface area contributed by atoms with Gasteiger partial charge in [0.25, 0.3) is 0 Å². The predicted octanol–water partition coefficient (Wildman–Crippen LogP) is 5.32. The van der Waals surface area contributed by atoms with Crippen LogP contribution >= 0.6 is 0 Å². The van der Waals surface area contributed by atoms with Crippen molar-refractivity contribution < 1.29 is 9.59 Å². The molecule has 1 aromatic heterocycles. The van der Waals surface area contributed by atoms with Gasteiger partial charge in [0.05, 0.1) is 5.52 Å². The van der Waals surface area contributed by atoms with Crippen molar-refractivity contribution in [2.75, 3.05) is 0 Å². The second-order valence-corrected chi connectivity index (χ2v) is 6.61. The van der Waals surface area contributed by atoms with E-state index in [1.54, 1.807) is 0 Å². The highest BCUT2D eigenvalue weighted by Gasteiger charge is 2.12. The Balaban J connectivity index is 0.000000170. The van der Waals surface area contributed by atoms with E-state index in [0.29, 0.717) is 0 Å². The minimum Gasteiger partial charge on any atom is -0.361 e. The standard InChI is InChI=1S/C18H11N.C6H4O2/c1-3-11-7-8-12-4-2-6-15-17(12)16(11)13(5-1)14-9-10-19-18(14)15;7-5-1-2-6(8)4-3-5/h1-10,19H;1-4H. The summed E-state index contributed by atoms with van der Waals surface area (Å²) < 4.78 is 0. The number of aromatic amines is 1. The Bertz CT molecular complexity index is 1280. The second kappa shape index (κ2) is 5.92. The van der Waals surface area contributed by atoms with Gasteiger partial charge in [-0.1, -0.05) is 48.5 Å². The fourth-order valence-electron chi connectivity index (χ4n) is 3.84. The lowest BCUT2D eigenvalue weighted by atomic mass is 9.92. The lowest BCUT2D eigenvalue weighted by molar-refractivity contribution is -0.113. The number of aromatic nitrogens is 1. The van der Waals surface area contributed by atoms with Crippen LogP contribution in [0.2, 0.25) is 0 Å². The van der Waals surface area contributed by atoms with E-state index in [0.717, 1.165) is 0 Å². The van der Waals surface area contributed by atoms with Crippen LogP contribution < -0.4 is 0 Å². The molecule has 0 spiro atoms. The molecule has 5 aromatic rings. The van der Waals surface area contributed by atoms with Crippen LogP contribution in [0.1, 0.15) is 0 Å². The monoisotopic (exact) mass is 349 g/mol. The fourth-order valence-corrected chi connectivity index (χ4v) is 3.84. The smallest absolute Gasteiger partial charge is 0.178 e. The number of benzene rings is 4. The Kier molecular flexibility index (Phi) is 3.41. The summed E-state index contributed by atoms with van der Waals surface area (Å²) in [6.45, 7) is 0. The molecule has 4 aromatic carbocycles. The maximum atomic E-state index is 10.3. The molecule has 0 fully saturated rings. The van der Waals surface area contributed by atoms with Crippen LogP contribution in [0.3, 0.4) is 0 Å². The Labute approximate surface area is 154 Å².